The summed E-state index contributed by atoms with van der Waals surface area (Å²) in [7, 11) is 0. The number of nitrogens with zero attached hydrogens (tertiary/aromatic N) is 1. The molecular formula is C19H16ClN. The molecule has 2 heterocycles. The van der Waals surface area contributed by atoms with Crippen LogP contribution in [0.4, 0.5) is 0 Å². The fourth-order valence-electron chi connectivity index (χ4n) is 3.17. The lowest BCUT2D eigenvalue weighted by molar-refractivity contribution is -0.510. The first-order valence-corrected chi connectivity index (χ1v) is 7.12. The van der Waals surface area contributed by atoms with Crippen LogP contribution in [0.3, 0.4) is 0 Å². The highest BCUT2D eigenvalue weighted by Crippen LogP contribution is 2.28. The van der Waals surface area contributed by atoms with Crippen molar-refractivity contribution in [1.82, 2.24) is 0 Å². The largest absolute Gasteiger partial charge is 1.00 e. The van der Waals surface area contributed by atoms with E-state index in [1.807, 2.05) is 0 Å². The van der Waals surface area contributed by atoms with E-state index in [9.17, 15) is 0 Å². The van der Waals surface area contributed by atoms with Crippen molar-refractivity contribution in [3.8, 4) is 0 Å². The van der Waals surface area contributed by atoms with E-state index >= 15 is 0 Å². The van der Waals surface area contributed by atoms with Gasteiger partial charge in [-0.05, 0) is 28.6 Å². The van der Waals surface area contributed by atoms with E-state index in [-0.39, 0.29) is 12.4 Å². The minimum Gasteiger partial charge on any atom is -1.00 e. The van der Waals surface area contributed by atoms with Crippen LogP contribution in [-0.2, 0) is 6.42 Å². The topological polar surface area (TPSA) is 4.10 Å². The zero-order valence-electron chi connectivity index (χ0n) is 11.9. The number of aromatic nitrogens is 1. The van der Waals surface area contributed by atoms with Crippen LogP contribution >= 0.6 is 0 Å². The maximum atomic E-state index is 2.27. The Hall–Kier alpha value is -2.12. The summed E-state index contributed by atoms with van der Waals surface area (Å²) in [4.78, 5) is 0. The first-order valence-electron chi connectivity index (χ1n) is 7.12. The third-order valence-corrected chi connectivity index (χ3v) is 4.12. The molecule has 0 aliphatic carbocycles. The van der Waals surface area contributed by atoms with E-state index in [1.165, 1.54) is 32.6 Å². The summed E-state index contributed by atoms with van der Waals surface area (Å²) in [5.41, 5.74) is 2.73. The van der Waals surface area contributed by atoms with Gasteiger partial charge in [-0.2, -0.15) is 4.40 Å². The zero-order chi connectivity index (χ0) is 13.5. The molecular weight excluding hydrogens is 278 g/mol. The Morgan fingerprint density at radius 3 is 2.48 bits per heavy atom. The highest BCUT2D eigenvalue weighted by molar-refractivity contribution is 6.08. The van der Waals surface area contributed by atoms with Crippen molar-refractivity contribution in [2.24, 2.45) is 0 Å². The molecule has 0 aliphatic heterocycles. The molecule has 1 nitrogen and oxygen atoms in total. The lowest BCUT2D eigenvalue weighted by Crippen LogP contribution is -3.00. The lowest BCUT2D eigenvalue weighted by atomic mass is 9.98. The molecule has 4 rings (SSSR count). The van der Waals surface area contributed by atoms with E-state index in [4.69, 9.17) is 0 Å². The van der Waals surface area contributed by atoms with Gasteiger partial charge in [-0.15, -0.1) is 0 Å². The normalized spacial score (nSPS) is 10.9. The Kier molecular flexibility index (Phi) is 3.52. The third kappa shape index (κ3) is 2.05. The lowest BCUT2D eigenvalue weighted by Gasteiger charge is -2.07. The third-order valence-electron chi connectivity index (χ3n) is 4.12. The number of pyridine rings is 2. The monoisotopic (exact) mass is 293 g/mol. The molecule has 0 fully saturated rings. The van der Waals surface area contributed by atoms with Crippen LogP contribution in [0.1, 0.15) is 12.5 Å². The van der Waals surface area contributed by atoms with Gasteiger partial charge in [0.05, 0.1) is 5.39 Å². The van der Waals surface area contributed by atoms with Crippen LogP contribution in [0.15, 0.2) is 67.0 Å². The molecule has 0 bridgehead atoms. The minimum absolute atomic E-state index is 0. The van der Waals surface area contributed by atoms with Crippen molar-refractivity contribution < 1.29 is 16.8 Å². The molecule has 4 aromatic rings. The Labute approximate surface area is 130 Å². The SMILES string of the molecule is CCc1c2ccc3ccccc3c2c[n+]2ccccc12.[Cl-]. The molecule has 2 aromatic heterocycles. The Morgan fingerprint density at radius 1 is 0.810 bits per heavy atom. The summed E-state index contributed by atoms with van der Waals surface area (Å²) in [5.74, 6) is 0. The summed E-state index contributed by atoms with van der Waals surface area (Å²) >= 11 is 0. The van der Waals surface area contributed by atoms with Crippen LogP contribution in [0, 0.1) is 0 Å². The van der Waals surface area contributed by atoms with Crippen LogP contribution in [-0.4, -0.2) is 0 Å². The molecule has 0 aliphatic rings. The Balaban J connectivity index is 0.00000132. The van der Waals surface area contributed by atoms with Gasteiger partial charge in [-0.1, -0.05) is 43.3 Å². The highest BCUT2D eigenvalue weighted by atomic mass is 35.5. The van der Waals surface area contributed by atoms with E-state index in [0.29, 0.717) is 0 Å². The van der Waals surface area contributed by atoms with Crippen LogP contribution in [0.25, 0.3) is 27.1 Å². The van der Waals surface area contributed by atoms with E-state index in [1.54, 1.807) is 0 Å². The highest BCUT2D eigenvalue weighted by Gasteiger charge is 2.13. The molecule has 0 atom stereocenters. The maximum absolute atomic E-state index is 2.27. The predicted octanol–water partition coefficient (Wildman–Crippen LogP) is 1.30. The summed E-state index contributed by atoms with van der Waals surface area (Å²) < 4.78 is 2.24. The first kappa shape index (κ1) is 13.8. The summed E-state index contributed by atoms with van der Waals surface area (Å²) in [6.07, 6.45) is 5.44. The van der Waals surface area contributed by atoms with E-state index in [2.05, 4.69) is 78.3 Å². The number of hydrogen-bond donors (Lipinski definition) is 0. The number of aryl methyl sites for hydroxylation is 1. The maximum Gasteiger partial charge on any atom is 0.214 e. The number of benzene rings is 2. The molecule has 104 valence electrons. The van der Waals surface area contributed by atoms with Gasteiger partial charge < -0.3 is 12.4 Å². The second-order valence-electron chi connectivity index (χ2n) is 5.20. The molecule has 0 saturated heterocycles. The fourth-order valence-corrected chi connectivity index (χ4v) is 3.17. The van der Waals surface area contributed by atoms with Crippen LogP contribution in [0.2, 0.25) is 0 Å². The summed E-state index contributed by atoms with van der Waals surface area (Å²) in [6, 6.07) is 19.5. The molecule has 21 heavy (non-hydrogen) atoms. The number of hydrogen-bond acceptors (Lipinski definition) is 0. The van der Waals surface area contributed by atoms with Gasteiger partial charge in [0.1, 0.15) is 0 Å². The summed E-state index contributed by atoms with van der Waals surface area (Å²) in [6.45, 7) is 2.23. The van der Waals surface area contributed by atoms with Gasteiger partial charge in [0.25, 0.3) is 0 Å². The van der Waals surface area contributed by atoms with E-state index in [0.717, 1.165) is 6.42 Å². The van der Waals surface area contributed by atoms with Crippen molar-refractivity contribution >= 4 is 27.1 Å². The van der Waals surface area contributed by atoms with Crippen molar-refractivity contribution in [3.05, 3.63) is 72.6 Å². The smallest absolute Gasteiger partial charge is 0.214 e. The fraction of sp³-hybridized carbons (Fsp3) is 0.105. The second-order valence-corrected chi connectivity index (χ2v) is 5.20. The average molecular weight is 294 g/mol. The van der Waals surface area contributed by atoms with Gasteiger partial charge in [-0.3, -0.25) is 0 Å². The quantitative estimate of drug-likeness (QED) is 0.283. The molecule has 0 saturated carbocycles. The standard InChI is InChI=1S/C19H16N.ClH/c1-2-15-17-11-10-14-7-3-4-8-16(14)18(17)13-20-12-6-5-9-19(15)20;/h3-13H,2H2,1H3;1H/q+1;/p-1. The van der Waals surface area contributed by atoms with Gasteiger partial charge >= 0.3 is 0 Å². The van der Waals surface area contributed by atoms with Crippen molar-refractivity contribution in [1.29, 1.82) is 0 Å². The second kappa shape index (κ2) is 5.34. The van der Waals surface area contributed by atoms with Crippen molar-refractivity contribution in [3.63, 3.8) is 0 Å². The number of rotatable bonds is 1. The first-order chi connectivity index (χ1) is 9.88. The number of fused-ring (bicyclic) bond motifs is 4. The van der Waals surface area contributed by atoms with Gasteiger partial charge in [0, 0.05) is 17.7 Å². The zero-order valence-corrected chi connectivity index (χ0v) is 12.6. The molecule has 0 spiro atoms. The van der Waals surface area contributed by atoms with Crippen molar-refractivity contribution in [2.75, 3.05) is 0 Å². The molecule has 0 amide bonds. The van der Waals surface area contributed by atoms with Gasteiger partial charge in [0.15, 0.2) is 12.4 Å². The molecule has 2 heteroatoms. The van der Waals surface area contributed by atoms with Crippen LogP contribution in [0.5, 0.6) is 0 Å². The van der Waals surface area contributed by atoms with Crippen LogP contribution < -0.4 is 16.8 Å². The van der Waals surface area contributed by atoms with Crippen molar-refractivity contribution in [2.45, 2.75) is 13.3 Å². The van der Waals surface area contributed by atoms with Gasteiger partial charge in [-0.25, -0.2) is 0 Å². The minimum atomic E-state index is 0. The van der Waals surface area contributed by atoms with Gasteiger partial charge in [0.2, 0.25) is 5.52 Å². The molecule has 0 N–H and O–H groups in total. The predicted molar refractivity (Wildman–Crippen MR) is 84.0 cm³/mol. The molecule has 0 radical (unpaired) electrons. The summed E-state index contributed by atoms with van der Waals surface area (Å²) in [5, 5.41) is 5.34. The molecule has 2 aromatic carbocycles. The average Bonchev–Trinajstić information content (AvgIpc) is 2.52. The van der Waals surface area contributed by atoms with E-state index < -0.39 is 0 Å². The number of halogens is 1. The Bertz CT molecular complexity index is 944. The molecule has 0 unspecified atom stereocenters. The Morgan fingerprint density at radius 2 is 1.62 bits per heavy atom.